The predicted molar refractivity (Wildman–Crippen MR) is 124 cm³/mol. The van der Waals surface area contributed by atoms with E-state index in [0.29, 0.717) is 11.3 Å². The van der Waals surface area contributed by atoms with Crippen molar-refractivity contribution in [3.8, 4) is 5.75 Å². The van der Waals surface area contributed by atoms with E-state index in [2.05, 4.69) is 4.74 Å². The van der Waals surface area contributed by atoms with E-state index < -0.39 is 30.6 Å². The topological polar surface area (TPSA) is 32.7 Å². The van der Waals surface area contributed by atoms with Gasteiger partial charge in [-0.3, -0.25) is 0 Å². The van der Waals surface area contributed by atoms with Crippen LogP contribution in [0.15, 0.2) is 66.7 Å². The zero-order valence-electron chi connectivity index (χ0n) is 19.6. The summed E-state index contributed by atoms with van der Waals surface area (Å²) in [6, 6.07) is 18.6. The Hall–Kier alpha value is -3.20. The van der Waals surface area contributed by atoms with Crippen LogP contribution in [0.4, 0.5) is 32.0 Å². The van der Waals surface area contributed by atoms with E-state index in [4.69, 9.17) is 0 Å². The SMILES string of the molecule is Cc1cccc(C2(Cc3cccc(OC(F)(F)F)c3)CN(C[C@@H](O)C(F)(F)F)c3c(C)cccc32)c1. The molecule has 1 N–H and O–H groups in total. The lowest BCUT2D eigenvalue weighted by atomic mass is 9.71. The number of nitrogens with zero attached hydrogens (tertiary/aromatic N) is 1. The van der Waals surface area contributed by atoms with Gasteiger partial charge >= 0.3 is 12.5 Å². The largest absolute Gasteiger partial charge is 0.573 e. The fourth-order valence-corrected chi connectivity index (χ4v) is 5.07. The van der Waals surface area contributed by atoms with Crippen molar-refractivity contribution in [2.45, 2.75) is 44.3 Å². The molecule has 192 valence electrons. The monoisotopic (exact) mass is 509 g/mol. The molecule has 0 amide bonds. The smallest absolute Gasteiger partial charge is 0.406 e. The van der Waals surface area contributed by atoms with Crippen LogP contribution in [0.3, 0.4) is 0 Å². The van der Waals surface area contributed by atoms with Crippen LogP contribution in [0.5, 0.6) is 5.75 Å². The molecule has 0 aliphatic carbocycles. The summed E-state index contributed by atoms with van der Waals surface area (Å²) in [4.78, 5) is 1.53. The lowest BCUT2D eigenvalue weighted by Crippen LogP contribution is -2.44. The molecular weight excluding hydrogens is 484 g/mol. The van der Waals surface area contributed by atoms with Crippen molar-refractivity contribution in [1.82, 2.24) is 0 Å². The summed E-state index contributed by atoms with van der Waals surface area (Å²) in [5.41, 5.74) is 3.49. The number of halogens is 6. The summed E-state index contributed by atoms with van der Waals surface area (Å²) < 4.78 is 82.5. The second-order valence-electron chi connectivity index (χ2n) is 9.23. The highest BCUT2D eigenvalue weighted by atomic mass is 19.4. The van der Waals surface area contributed by atoms with Gasteiger partial charge in [-0.15, -0.1) is 13.2 Å². The lowest BCUT2D eigenvalue weighted by molar-refractivity contribution is -0.274. The van der Waals surface area contributed by atoms with Gasteiger partial charge in [0, 0.05) is 17.6 Å². The van der Waals surface area contributed by atoms with Crippen LogP contribution in [0.25, 0.3) is 0 Å². The number of hydrogen-bond donors (Lipinski definition) is 1. The highest BCUT2D eigenvalue weighted by Crippen LogP contribution is 2.49. The zero-order chi connectivity index (χ0) is 26.3. The molecule has 3 nitrogen and oxygen atoms in total. The molecule has 1 aliphatic heterocycles. The van der Waals surface area contributed by atoms with Crippen LogP contribution < -0.4 is 9.64 Å². The molecule has 3 aromatic rings. The van der Waals surface area contributed by atoms with E-state index in [1.165, 1.54) is 23.1 Å². The first-order valence-electron chi connectivity index (χ1n) is 11.3. The first-order valence-corrected chi connectivity index (χ1v) is 11.3. The number of rotatable bonds is 6. The Morgan fingerprint density at radius 1 is 0.944 bits per heavy atom. The summed E-state index contributed by atoms with van der Waals surface area (Å²) in [5.74, 6) is -0.369. The molecule has 0 bridgehead atoms. The third-order valence-corrected chi connectivity index (χ3v) is 6.51. The maximum Gasteiger partial charge on any atom is 0.573 e. The minimum Gasteiger partial charge on any atom is -0.406 e. The molecule has 1 heterocycles. The molecule has 0 fully saturated rings. The molecular formula is C27H25F6NO2. The third kappa shape index (κ3) is 5.31. The first-order chi connectivity index (χ1) is 16.8. The van der Waals surface area contributed by atoms with Gasteiger partial charge in [0.1, 0.15) is 5.75 Å². The fourth-order valence-electron chi connectivity index (χ4n) is 5.07. The van der Waals surface area contributed by atoms with E-state index in [0.717, 1.165) is 22.3 Å². The molecule has 4 rings (SSSR count). The number of benzene rings is 3. The number of para-hydroxylation sites is 1. The van der Waals surface area contributed by atoms with Crippen LogP contribution in [0.2, 0.25) is 0 Å². The molecule has 36 heavy (non-hydrogen) atoms. The molecule has 0 saturated heterocycles. The molecule has 3 aromatic carbocycles. The Bertz CT molecular complexity index is 1240. The molecule has 2 atom stereocenters. The summed E-state index contributed by atoms with van der Waals surface area (Å²) in [7, 11) is 0. The number of aliphatic hydroxyl groups excluding tert-OH is 1. The molecule has 1 unspecified atom stereocenters. The third-order valence-electron chi connectivity index (χ3n) is 6.51. The lowest BCUT2D eigenvalue weighted by Gasteiger charge is -2.33. The van der Waals surface area contributed by atoms with E-state index >= 15 is 0 Å². The van der Waals surface area contributed by atoms with Crippen molar-refractivity contribution in [2.24, 2.45) is 0 Å². The minimum atomic E-state index is -4.85. The summed E-state index contributed by atoms with van der Waals surface area (Å²) >= 11 is 0. The number of hydrogen-bond acceptors (Lipinski definition) is 3. The highest BCUT2D eigenvalue weighted by molar-refractivity contribution is 5.70. The maximum atomic E-state index is 13.3. The van der Waals surface area contributed by atoms with Gasteiger partial charge in [0.05, 0.1) is 6.54 Å². The van der Waals surface area contributed by atoms with Gasteiger partial charge in [0.25, 0.3) is 0 Å². The Balaban J connectivity index is 1.85. The minimum absolute atomic E-state index is 0.105. The van der Waals surface area contributed by atoms with Gasteiger partial charge in [0.2, 0.25) is 0 Å². The van der Waals surface area contributed by atoms with Crippen LogP contribution in [0.1, 0.15) is 27.8 Å². The van der Waals surface area contributed by atoms with Gasteiger partial charge in [-0.1, -0.05) is 60.2 Å². The number of anilines is 1. The standard InChI is InChI=1S/C27H25F6NO2/c1-17-6-3-9-20(12-17)25(14-19-8-5-10-21(13-19)36-27(31,32)33)16-34(15-23(35)26(28,29)30)24-18(2)7-4-11-22(24)25/h3-13,23,35H,14-16H2,1-2H3/t23-,25?/m1/s1. The van der Waals surface area contributed by atoms with Crippen molar-refractivity contribution in [1.29, 1.82) is 0 Å². The fraction of sp³-hybridized carbons (Fsp3) is 0.333. The Morgan fingerprint density at radius 2 is 1.64 bits per heavy atom. The van der Waals surface area contributed by atoms with Crippen molar-refractivity contribution in [3.05, 3.63) is 94.5 Å². The van der Waals surface area contributed by atoms with Crippen LogP contribution >= 0.6 is 0 Å². The van der Waals surface area contributed by atoms with Gasteiger partial charge in [-0.2, -0.15) is 13.2 Å². The molecule has 9 heteroatoms. The van der Waals surface area contributed by atoms with Crippen molar-refractivity contribution in [2.75, 3.05) is 18.0 Å². The molecule has 0 spiro atoms. The Kier molecular flexibility index (Phi) is 6.72. The zero-order valence-corrected chi connectivity index (χ0v) is 19.6. The number of fused-ring (bicyclic) bond motifs is 1. The Labute approximate surface area is 204 Å². The van der Waals surface area contributed by atoms with Gasteiger partial charge in [-0.25, -0.2) is 0 Å². The first kappa shape index (κ1) is 25.9. The van der Waals surface area contributed by atoms with Gasteiger partial charge in [0.15, 0.2) is 6.10 Å². The highest BCUT2D eigenvalue weighted by Gasteiger charge is 2.48. The van der Waals surface area contributed by atoms with Crippen LogP contribution in [-0.4, -0.2) is 36.8 Å². The predicted octanol–water partition coefficient (Wildman–Crippen LogP) is 6.47. The number of ether oxygens (including phenoxy) is 1. The Morgan fingerprint density at radius 3 is 2.31 bits per heavy atom. The summed E-state index contributed by atoms with van der Waals surface area (Å²) in [6.45, 7) is 3.13. The number of aliphatic hydroxyl groups is 1. The van der Waals surface area contributed by atoms with Crippen molar-refractivity contribution < 1.29 is 36.2 Å². The molecule has 0 saturated carbocycles. The summed E-state index contributed by atoms with van der Waals surface area (Å²) in [6.07, 6.45) is -12.0. The second kappa shape index (κ2) is 9.35. The molecule has 1 aliphatic rings. The average Bonchev–Trinajstić information content (AvgIpc) is 3.07. The van der Waals surface area contributed by atoms with Crippen LogP contribution in [-0.2, 0) is 11.8 Å². The second-order valence-corrected chi connectivity index (χ2v) is 9.23. The van der Waals surface area contributed by atoms with Gasteiger partial charge < -0.3 is 14.7 Å². The number of aryl methyl sites for hydroxylation is 2. The maximum absolute atomic E-state index is 13.3. The summed E-state index contributed by atoms with van der Waals surface area (Å²) in [5, 5.41) is 9.89. The molecule has 0 radical (unpaired) electrons. The van der Waals surface area contributed by atoms with E-state index in [9.17, 15) is 31.4 Å². The van der Waals surface area contributed by atoms with E-state index in [1.807, 2.05) is 43.3 Å². The molecule has 0 aromatic heterocycles. The van der Waals surface area contributed by atoms with Crippen molar-refractivity contribution in [3.63, 3.8) is 0 Å². The van der Waals surface area contributed by atoms with E-state index in [-0.39, 0.29) is 18.7 Å². The van der Waals surface area contributed by atoms with Gasteiger partial charge in [-0.05, 0) is 54.7 Å². The normalized spacial score (nSPS) is 18.8. The van der Waals surface area contributed by atoms with E-state index in [1.54, 1.807) is 19.1 Å². The van der Waals surface area contributed by atoms with Crippen LogP contribution in [0, 0.1) is 13.8 Å². The van der Waals surface area contributed by atoms with Crippen molar-refractivity contribution >= 4 is 5.69 Å². The number of β-amino-alcohol motifs (C(OH)–C–C–N with tert-alkyl or cyclic N) is 1. The number of alkyl halides is 6. The average molecular weight is 509 g/mol. The quantitative estimate of drug-likeness (QED) is 0.387.